The molecular formula is C13H10F3N. The van der Waals surface area contributed by atoms with E-state index >= 15 is 0 Å². The van der Waals surface area contributed by atoms with Crippen LogP contribution in [0.25, 0.3) is 11.1 Å². The van der Waals surface area contributed by atoms with Crippen molar-refractivity contribution in [3.63, 3.8) is 0 Å². The van der Waals surface area contributed by atoms with Gasteiger partial charge in [0.05, 0.1) is 0 Å². The summed E-state index contributed by atoms with van der Waals surface area (Å²) in [5, 5.41) is 2.87. The summed E-state index contributed by atoms with van der Waals surface area (Å²) in [6.07, 6.45) is 0. The van der Waals surface area contributed by atoms with Crippen LogP contribution in [-0.4, -0.2) is 7.05 Å². The highest BCUT2D eigenvalue weighted by molar-refractivity contribution is 5.78. The molecule has 17 heavy (non-hydrogen) atoms. The van der Waals surface area contributed by atoms with E-state index in [-0.39, 0.29) is 5.56 Å². The van der Waals surface area contributed by atoms with E-state index < -0.39 is 17.5 Å². The van der Waals surface area contributed by atoms with Gasteiger partial charge in [-0.25, -0.2) is 13.2 Å². The van der Waals surface area contributed by atoms with Crippen molar-refractivity contribution in [2.45, 2.75) is 0 Å². The second-order valence-electron chi connectivity index (χ2n) is 3.52. The first kappa shape index (κ1) is 11.5. The lowest BCUT2D eigenvalue weighted by molar-refractivity contribution is 0.449. The molecule has 0 unspecified atom stereocenters. The van der Waals surface area contributed by atoms with E-state index in [0.717, 1.165) is 6.07 Å². The molecule has 0 aromatic heterocycles. The first-order chi connectivity index (χ1) is 8.15. The van der Waals surface area contributed by atoms with Crippen molar-refractivity contribution in [2.75, 3.05) is 12.4 Å². The van der Waals surface area contributed by atoms with Gasteiger partial charge in [-0.1, -0.05) is 18.2 Å². The topological polar surface area (TPSA) is 12.0 Å². The second-order valence-corrected chi connectivity index (χ2v) is 3.52. The van der Waals surface area contributed by atoms with Crippen LogP contribution in [0.2, 0.25) is 0 Å². The van der Waals surface area contributed by atoms with Crippen molar-refractivity contribution in [3.05, 3.63) is 53.8 Å². The average molecular weight is 237 g/mol. The van der Waals surface area contributed by atoms with Crippen molar-refractivity contribution in [1.29, 1.82) is 0 Å². The van der Waals surface area contributed by atoms with Crippen LogP contribution in [0, 0.1) is 17.5 Å². The quantitative estimate of drug-likeness (QED) is 0.783. The highest BCUT2D eigenvalue weighted by Gasteiger charge is 2.16. The smallest absolute Gasteiger partial charge is 0.195 e. The number of para-hydroxylation sites is 1. The Morgan fingerprint density at radius 3 is 2.24 bits per heavy atom. The number of anilines is 1. The van der Waals surface area contributed by atoms with Gasteiger partial charge in [-0.3, -0.25) is 0 Å². The predicted molar refractivity (Wildman–Crippen MR) is 61.3 cm³/mol. The summed E-state index contributed by atoms with van der Waals surface area (Å²) in [5.74, 6) is -3.81. The summed E-state index contributed by atoms with van der Waals surface area (Å²) >= 11 is 0. The van der Waals surface area contributed by atoms with Crippen LogP contribution in [0.1, 0.15) is 0 Å². The van der Waals surface area contributed by atoms with E-state index in [9.17, 15) is 13.2 Å². The molecule has 1 nitrogen and oxygen atoms in total. The van der Waals surface area contributed by atoms with Crippen molar-refractivity contribution >= 4 is 5.69 Å². The summed E-state index contributed by atoms with van der Waals surface area (Å²) in [7, 11) is 1.68. The molecular weight excluding hydrogens is 227 g/mol. The van der Waals surface area contributed by atoms with Crippen molar-refractivity contribution in [1.82, 2.24) is 0 Å². The highest BCUT2D eigenvalue weighted by atomic mass is 19.2. The Morgan fingerprint density at radius 1 is 0.824 bits per heavy atom. The number of benzene rings is 2. The van der Waals surface area contributed by atoms with Crippen LogP contribution in [0.4, 0.5) is 18.9 Å². The van der Waals surface area contributed by atoms with Gasteiger partial charge in [0, 0.05) is 23.9 Å². The minimum atomic E-state index is -1.45. The minimum absolute atomic E-state index is 0.0360. The van der Waals surface area contributed by atoms with Crippen molar-refractivity contribution in [3.8, 4) is 11.1 Å². The third-order valence-corrected chi connectivity index (χ3v) is 2.52. The molecule has 2 aromatic rings. The summed E-state index contributed by atoms with van der Waals surface area (Å²) in [4.78, 5) is 0. The molecule has 0 spiro atoms. The minimum Gasteiger partial charge on any atom is -0.388 e. The molecule has 0 aliphatic heterocycles. The average Bonchev–Trinajstić information content (AvgIpc) is 2.36. The Balaban J connectivity index is 2.65. The van der Waals surface area contributed by atoms with Gasteiger partial charge in [0.25, 0.3) is 0 Å². The normalized spacial score (nSPS) is 10.4. The van der Waals surface area contributed by atoms with E-state index in [1.165, 1.54) is 6.07 Å². The number of rotatable bonds is 2. The summed E-state index contributed by atoms with van der Waals surface area (Å²) in [6, 6.07) is 8.99. The number of nitrogens with one attached hydrogen (secondary N) is 1. The van der Waals surface area contributed by atoms with E-state index in [1.807, 2.05) is 0 Å². The molecule has 0 amide bonds. The molecule has 0 aliphatic rings. The van der Waals surface area contributed by atoms with Crippen LogP contribution in [0.3, 0.4) is 0 Å². The molecule has 2 aromatic carbocycles. The summed E-state index contributed by atoms with van der Waals surface area (Å²) in [5.41, 5.74) is 1.18. The lowest BCUT2D eigenvalue weighted by Gasteiger charge is -2.10. The monoisotopic (exact) mass is 237 g/mol. The third-order valence-electron chi connectivity index (χ3n) is 2.52. The standard InChI is InChI=1S/C13H10F3N/c1-17-11-5-3-2-4-8(11)9-6-7-10(14)13(16)12(9)15/h2-7,17H,1H3. The maximum atomic E-state index is 13.6. The van der Waals surface area contributed by atoms with Gasteiger partial charge in [0.2, 0.25) is 0 Å². The van der Waals surface area contributed by atoms with Gasteiger partial charge in [-0.05, 0) is 18.2 Å². The largest absolute Gasteiger partial charge is 0.388 e. The van der Waals surface area contributed by atoms with Gasteiger partial charge < -0.3 is 5.32 Å². The maximum absolute atomic E-state index is 13.6. The maximum Gasteiger partial charge on any atom is 0.195 e. The van der Waals surface area contributed by atoms with Gasteiger partial charge in [0.15, 0.2) is 17.5 Å². The van der Waals surface area contributed by atoms with Crippen LogP contribution in [0.15, 0.2) is 36.4 Å². The zero-order valence-corrected chi connectivity index (χ0v) is 9.10. The number of hydrogen-bond acceptors (Lipinski definition) is 1. The third kappa shape index (κ3) is 1.98. The van der Waals surface area contributed by atoms with Gasteiger partial charge in [0.1, 0.15) is 0 Å². The number of halogens is 3. The molecule has 0 saturated heterocycles. The zero-order valence-electron chi connectivity index (χ0n) is 9.10. The Morgan fingerprint density at radius 2 is 1.53 bits per heavy atom. The fourth-order valence-electron chi connectivity index (χ4n) is 1.67. The van der Waals surface area contributed by atoms with Crippen LogP contribution in [-0.2, 0) is 0 Å². The molecule has 0 bridgehead atoms. The Bertz CT molecular complexity index is 552. The molecule has 0 aliphatic carbocycles. The Kier molecular flexibility index (Phi) is 3.04. The summed E-state index contributed by atoms with van der Waals surface area (Å²) in [6.45, 7) is 0. The lowest BCUT2D eigenvalue weighted by Crippen LogP contribution is -1.97. The Hall–Kier alpha value is -1.97. The molecule has 0 saturated carbocycles. The van der Waals surface area contributed by atoms with Gasteiger partial charge in [-0.2, -0.15) is 0 Å². The molecule has 2 rings (SSSR count). The second kappa shape index (κ2) is 4.49. The molecule has 4 heteroatoms. The first-order valence-corrected chi connectivity index (χ1v) is 5.05. The molecule has 0 radical (unpaired) electrons. The lowest BCUT2D eigenvalue weighted by atomic mass is 10.0. The van der Waals surface area contributed by atoms with Gasteiger partial charge >= 0.3 is 0 Å². The van der Waals surface area contributed by atoms with E-state index in [2.05, 4.69) is 5.32 Å². The predicted octanol–water partition coefficient (Wildman–Crippen LogP) is 3.81. The van der Waals surface area contributed by atoms with E-state index in [1.54, 1.807) is 31.3 Å². The van der Waals surface area contributed by atoms with Gasteiger partial charge in [-0.15, -0.1) is 0 Å². The highest BCUT2D eigenvalue weighted by Crippen LogP contribution is 2.31. The molecule has 1 N–H and O–H groups in total. The number of hydrogen-bond donors (Lipinski definition) is 1. The van der Waals surface area contributed by atoms with E-state index in [4.69, 9.17) is 0 Å². The molecule has 0 atom stereocenters. The van der Waals surface area contributed by atoms with Crippen LogP contribution < -0.4 is 5.32 Å². The first-order valence-electron chi connectivity index (χ1n) is 5.05. The van der Waals surface area contributed by atoms with Crippen LogP contribution >= 0.6 is 0 Å². The van der Waals surface area contributed by atoms with Crippen LogP contribution in [0.5, 0.6) is 0 Å². The van der Waals surface area contributed by atoms with E-state index in [0.29, 0.717) is 11.3 Å². The molecule has 0 fully saturated rings. The molecule has 88 valence electrons. The summed E-state index contributed by atoms with van der Waals surface area (Å²) < 4.78 is 39.6. The fraction of sp³-hybridized carbons (Fsp3) is 0.0769. The van der Waals surface area contributed by atoms with Crippen molar-refractivity contribution < 1.29 is 13.2 Å². The van der Waals surface area contributed by atoms with Crippen molar-refractivity contribution in [2.24, 2.45) is 0 Å². The molecule has 0 heterocycles. The Labute approximate surface area is 96.9 Å². The fourth-order valence-corrected chi connectivity index (χ4v) is 1.67. The SMILES string of the molecule is CNc1ccccc1-c1ccc(F)c(F)c1F. The zero-order chi connectivity index (χ0) is 12.4.